The van der Waals surface area contributed by atoms with E-state index in [1.165, 1.54) is 0 Å². The summed E-state index contributed by atoms with van der Waals surface area (Å²) in [4.78, 5) is 24.5. The predicted molar refractivity (Wildman–Crippen MR) is 129 cm³/mol. The monoisotopic (exact) mass is 468 g/mol. The van der Waals surface area contributed by atoms with Gasteiger partial charge in [-0.2, -0.15) is 5.26 Å². The lowest BCUT2D eigenvalue weighted by Gasteiger charge is -2.22. The van der Waals surface area contributed by atoms with E-state index in [1.54, 1.807) is 23.0 Å². The van der Waals surface area contributed by atoms with Crippen molar-refractivity contribution < 1.29 is 9.90 Å². The third-order valence-electron chi connectivity index (χ3n) is 5.61. The Bertz CT molecular complexity index is 1450. The SMILES string of the molecule is Cc1cccc(C#N)c1-c1cc(-c2cn(Cc3cccc(C(C)(C)CC(=O)O)n3)nn2)nc(N)n1. The predicted octanol–water partition coefficient (Wildman–Crippen LogP) is 3.36. The number of hydrogen-bond donors (Lipinski definition) is 2. The molecule has 0 atom stereocenters. The fourth-order valence-electron chi connectivity index (χ4n) is 3.90. The lowest BCUT2D eigenvalue weighted by molar-refractivity contribution is -0.138. The van der Waals surface area contributed by atoms with Crippen LogP contribution < -0.4 is 5.73 Å². The molecule has 0 radical (unpaired) electrons. The molecule has 0 aliphatic carbocycles. The molecule has 0 amide bonds. The summed E-state index contributed by atoms with van der Waals surface area (Å²) in [6, 6.07) is 14.9. The number of benzene rings is 1. The van der Waals surface area contributed by atoms with E-state index in [2.05, 4.69) is 31.3 Å². The second-order valence-corrected chi connectivity index (χ2v) is 8.88. The summed E-state index contributed by atoms with van der Waals surface area (Å²) in [5.41, 5.74) is 10.4. The van der Waals surface area contributed by atoms with Crippen molar-refractivity contribution in [2.24, 2.45) is 0 Å². The number of nitriles is 1. The maximum absolute atomic E-state index is 11.2. The van der Waals surface area contributed by atoms with Crippen molar-refractivity contribution in [1.82, 2.24) is 29.9 Å². The Kier molecular flexibility index (Phi) is 6.25. The molecular weight excluding hydrogens is 444 g/mol. The van der Waals surface area contributed by atoms with Gasteiger partial charge in [0.1, 0.15) is 5.69 Å². The molecule has 0 aliphatic heterocycles. The second kappa shape index (κ2) is 9.30. The topological polar surface area (TPSA) is 156 Å². The van der Waals surface area contributed by atoms with Gasteiger partial charge in [0.2, 0.25) is 5.95 Å². The van der Waals surface area contributed by atoms with Crippen molar-refractivity contribution in [1.29, 1.82) is 5.26 Å². The molecule has 0 spiro atoms. The standard InChI is InChI=1S/C25H24N8O2/c1-15-6-4-7-16(12-26)23(15)19-10-18(29-24(27)30-19)20-14-33(32-31-20)13-17-8-5-9-21(28-17)25(2,3)11-22(34)35/h4-10,14H,11,13H2,1-3H3,(H,34,35)(H2,27,29,30). The van der Waals surface area contributed by atoms with Crippen molar-refractivity contribution in [2.75, 3.05) is 5.73 Å². The van der Waals surface area contributed by atoms with E-state index in [4.69, 9.17) is 5.73 Å². The summed E-state index contributed by atoms with van der Waals surface area (Å²) in [5, 5.41) is 27.1. The van der Waals surface area contributed by atoms with Crippen molar-refractivity contribution in [3.63, 3.8) is 0 Å². The van der Waals surface area contributed by atoms with Crippen LogP contribution in [0.1, 0.15) is 42.8 Å². The summed E-state index contributed by atoms with van der Waals surface area (Å²) in [6.07, 6.45) is 1.70. The number of nitrogen functional groups attached to an aromatic ring is 1. The number of aryl methyl sites for hydroxylation is 1. The number of nitrogens with zero attached hydrogens (tertiary/aromatic N) is 7. The molecule has 1 aromatic carbocycles. The average Bonchev–Trinajstić information content (AvgIpc) is 3.26. The molecule has 0 saturated heterocycles. The number of carboxylic acid groups (broad SMARTS) is 1. The van der Waals surface area contributed by atoms with Crippen LogP contribution in [0.25, 0.3) is 22.6 Å². The number of rotatable bonds is 7. The quantitative estimate of drug-likeness (QED) is 0.415. The minimum Gasteiger partial charge on any atom is -0.481 e. The van der Waals surface area contributed by atoms with Crippen LogP contribution in [0.2, 0.25) is 0 Å². The summed E-state index contributed by atoms with van der Waals surface area (Å²) in [7, 11) is 0. The Morgan fingerprint density at radius 2 is 1.86 bits per heavy atom. The first kappa shape index (κ1) is 23.5. The molecule has 0 saturated carbocycles. The summed E-state index contributed by atoms with van der Waals surface area (Å²) < 4.78 is 1.62. The fourth-order valence-corrected chi connectivity index (χ4v) is 3.90. The van der Waals surface area contributed by atoms with Crippen LogP contribution in [-0.4, -0.2) is 41.0 Å². The fraction of sp³-hybridized carbons (Fsp3) is 0.240. The highest BCUT2D eigenvalue weighted by atomic mass is 16.4. The van der Waals surface area contributed by atoms with Gasteiger partial charge in [0, 0.05) is 16.7 Å². The van der Waals surface area contributed by atoms with Gasteiger partial charge in [-0.3, -0.25) is 9.78 Å². The third-order valence-corrected chi connectivity index (χ3v) is 5.61. The number of nitrogens with two attached hydrogens (primary N) is 1. The Balaban J connectivity index is 1.63. The molecule has 4 rings (SSSR count). The molecule has 3 heterocycles. The van der Waals surface area contributed by atoms with Crippen molar-refractivity contribution in [2.45, 2.75) is 39.2 Å². The third kappa shape index (κ3) is 5.14. The number of anilines is 1. The molecule has 0 bridgehead atoms. The molecule has 0 fully saturated rings. The Morgan fingerprint density at radius 3 is 2.60 bits per heavy atom. The highest BCUT2D eigenvalue weighted by molar-refractivity contribution is 5.74. The van der Waals surface area contributed by atoms with Crippen LogP contribution in [0.3, 0.4) is 0 Å². The molecule has 4 aromatic rings. The van der Waals surface area contributed by atoms with E-state index in [9.17, 15) is 15.2 Å². The first-order valence-electron chi connectivity index (χ1n) is 10.9. The van der Waals surface area contributed by atoms with Gasteiger partial charge in [0.15, 0.2) is 0 Å². The van der Waals surface area contributed by atoms with Gasteiger partial charge in [-0.05, 0) is 36.8 Å². The molecule has 35 heavy (non-hydrogen) atoms. The molecule has 3 aromatic heterocycles. The van der Waals surface area contributed by atoms with Crippen molar-refractivity contribution in [3.8, 4) is 28.7 Å². The Labute approximate surface area is 202 Å². The van der Waals surface area contributed by atoms with Crippen molar-refractivity contribution >= 4 is 11.9 Å². The first-order valence-corrected chi connectivity index (χ1v) is 10.9. The van der Waals surface area contributed by atoms with E-state index < -0.39 is 11.4 Å². The van der Waals surface area contributed by atoms with Gasteiger partial charge < -0.3 is 10.8 Å². The normalized spacial score (nSPS) is 11.3. The van der Waals surface area contributed by atoms with Crippen LogP contribution in [0, 0.1) is 18.3 Å². The van der Waals surface area contributed by atoms with E-state index in [0.717, 1.165) is 11.3 Å². The number of aromatic nitrogens is 6. The van der Waals surface area contributed by atoms with Crippen molar-refractivity contribution in [3.05, 3.63) is 71.2 Å². The Morgan fingerprint density at radius 1 is 1.11 bits per heavy atom. The number of carboxylic acids is 1. The molecule has 0 unspecified atom stereocenters. The average molecular weight is 469 g/mol. The minimum absolute atomic E-state index is 0.0250. The molecule has 3 N–H and O–H groups in total. The number of pyridine rings is 1. The summed E-state index contributed by atoms with van der Waals surface area (Å²) >= 11 is 0. The maximum atomic E-state index is 11.2. The van der Waals surface area contributed by atoms with Gasteiger partial charge in [0.25, 0.3) is 0 Å². The lowest BCUT2D eigenvalue weighted by Crippen LogP contribution is -2.23. The largest absolute Gasteiger partial charge is 0.481 e. The molecule has 176 valence electrons. The molecule has 10 heteroatoms. The van der Waals surface area contributed by atoms with Crippen LogP contribution in [0.5, 0.6) is 0 Å². The first-order chi connectivity index (χ1) is 16.7. The molecule has 10 nitrogen and oxygen atoms in total. The van der Waals surface area contributed by atoms with E-state index in [0.29, 0.717) is 40.4 Å². The lowest BCUT2D eigenvalue weighted by atomic mass is 9.85. The zero-order valence-corrected chi connectivity index (χ0v) is 19.6. The van der Waals surface area contributed by atoms with E-state index in [-0.39, 0.29) is 12.4 Å². The number of hydrogen-bond acceptors (Lipinski definition) is 8. The Hall–Kier alpha value is -4.65. The number of aliphatic carboxylic acids is 1. The van der Waals surface area contributed by atoms with Crippen LogP contribution in [0.15, 0.2) is 48.7 Å². The van der Waals surface area contributed by atoms with Gasteiger partial charge in [-0.25, -0.2) is 14.6 Å². The van der Waals surface area contributed by atoms with Crippen LogP contribution >= 0.6 is 0 Å². The maximum Gasteiger partial charge on any atom is 0.304 e. The smallest absolute Gasteiger partial charge is 0.304 e. The van der Waals surface area contributed by atoms with Gasteiger partial charge in [0.05, 0.1) is 47.9 Å². The highest BCUT2D eigenvalue weighted by Gasteiger charge is 2.26. The van der Waals surface area contributed by atoms with Gasteiger partial charge in [-0.1, -0.05) is 37.3 Å². The van der Waals surface area contributed by atoms with Crippen LogP contribution in [-0.2, 0) is 16.8 Å². The van der Waals surface area contributed by atoms with Gasteiger partial charge in [-0.15, -0.1) is 5.10 Å². The zero-order chi connectivity index (χ0) is 25.2. The van der Waals surface area contributed by atoms with E-state index >= 15 is 0 Å². The van der Waals surface area contributed by atoms with E-state index in [1.807, 2.05) is 51.1 Å². The highest BCUT2D eigenvalue weighted by Crippen LogP contribution is 2.29. The summed E-state index contributed by atoms with van der Waals surface area (Å²) in [6.45, 7) is 5.95. The molecule has 0 aliphatic rings. The minimum atomic E-state index is -0.876. The van der Waals surface area contributed by atoms with Gasteiger partial charge >= 0.3 is 5.97 Å². The number of carbonyl (C=O) groups is 1. The van der Waals surface area contributed by atoms with Crippen LogP contribution in [0.4, 0.5) is 5.95 Å². The summed E-state index contributed by atoms with van der Waals surface area (Å²) in [5.74, 6) is -0.812. The second-order valence-electron chi connectivity index (χ2n) is 8.88. The molecular formula is C25H24N8O2. The zero-order valence-electron chi connectivity index (χ0n) is 19.6.